The van der Waals surface area contributed by atoms with E-state index in [1.165, 1.54) is 5.56 Å². The third-order valence-electron chi connectivity index (χ3n) is 2.75. The lowest BCUT2D eigenvalue weighted by molar-refractivity contribution is 0.0411. The molecule has 0 amide bonds. The molecule has 0 aliphatic rings. The molecule has 1 aromatic carbocycles. The van der Waals surface area contributed by atoms with Crippen molar-refractivity contribution in [2.24, 2.45) is 5.73 Å². The van der Waals surface area contributed by atoms with Crippen LogP contribution in [0.3, 0.4) is 0 Å². The first-order valence-corrected chi connectivity index (χ1v) is 6.73. The van der Waals surface area contributed by atoms with E-state index < -0.39 is 5.60 Å². The maximum absolute atomic E-state index is 9.69. The molecule has 1 rings (SSSR count). The van der Waals surface area contributed by atoms with Crippen LogP contribution in [0.15, 0.2) is 24.3 Å². The first-order chi connectivity index (χ1) is 8.90. The standard InChI is InChI=1S/C15H26N2O2/c1-15(2,18)12-17(3)10-11-19-14-6-4-13(5-7-14)8-9-16/h4-7,18H,8-12,16H2,1-3H3. The lowest BCUT2D eigenvalue weighted by atomic mass is 10.1. The van der Waals surface area contributed by atoms with Gasteiger partial charge in [-0.15, -0.1) is 0 Å². The maximum Gasteiger partial charge on any atom is 0.119 e. The summed E-state index contributed by atoms with van der Waals surface area (Å²) in [6.45, 7) is 6.31. The first kappa shape index (κ1) is 16.0. The molecule has 108 valence electrons. The number of nitrogens with two attached hydrogens (primary N) is 1. The van der Waals surface area contributed by atoms with Crippen molar-refractivity contribution < 1.29 is 9.84 Å². The molecule has 0 unspecified atom stereocenters. The number of hydrogen-bond acceptors (Lipinski definition) is 4. The van der Waals surface area contributed by atoms with Crippen molar-refractivity contribution in [2.75, 3.05) is 33.3 Å². The molecule has 0 aliphatic heterocycles. The molecule has 3 N–H and O–H groups in total. The highest BCUT2D eigenvalue weighted by Crippen LogP contribution is 2.12. The molecule has 4 nitrogen and oxygen atoms in total. The average Bonchev–Trinajstić information content (AvgIpc) is 2.29. The van der Waals surface area contributed by atoms with E-state index in [0.717, 1.165) is 18.7 Å². The number of nitrogens with zero attached hydrogens (tertiary/aromatic N) is 1. The fourth-order valence-electron chi connectivity index (χ4n) is 1.98. The van der Waals surface area contributed by atoms with E-state index in [9.17, 15) is 5.11 Å². The van der Waals surface area contributed by atoms with E-state index in [4.69, 9.17) is 10.5 Å². The van der Waals surface area contributed by atoms with Gasteiger partial charge in [-0.1, -0.05) is 12.1 Å². The van der Waals surface area contributed by atoms with E-state index in [0.29, 0.717) is 19.7 Å². The second-order valence-electron chi connectivity index (χ2n) is 5.58. The van der Waals surface area contributed by atoms with E-state index >= 15 is 0 Å². The van der Waals surface area contributed by atoms with Gasteiger partial charge < -0.3 is 20.5 Å². The van der Waals surface area contributed by atoms with Crippen LogP contribution in [0.2, 0.25) is 0 Å². The van der Waals surface area contributed by atoms with Gasteiger partial charge in [0, 0.05) is 13.1 Å². The normalized spacial score (nSPS) is 11.9. The number of likely N-dealkylation sites (N-methyl/N-ethyl adjacent to an activating group) is 1. The van der Waals surface area contributed by atoms with Gasteiger partial charge in [0.25, 0.3) is 0 Å². The molecule has 0 saturated carbocycles. The van der Waals surface area contributed by atoms with Gasteiger partial charge in [-0.3, -0.25) is 0 Å². The molecule has 4 heteroatoms. The van der Waals surface area contributed by atoms with Gasteiger partial charge in [0.15, 0.2) is 0 Å². The summed E-state index contributed by atoms with van der Waals surface area (Å²) in [5.74, 6) is 0.873. The summed E-state index contributed by atoms with van der Waals surface area (Å²) >= 11 is 0. The van der Waals surface area contributed by atoms with Crippen LogP contribution in [-0.4, -0.2) is 48.9 Å². The smallest absolute Gasteiger partial charge is 0.119 e. The van der Waals surface area contributed by atoms with Crippen molar-refractivity contribution in [1.29, 1.82) is 0 Å². The maximum atomic E-state index is 9.69. The van der Waals surface area contributed by atoms with E-state index in [-0.39, 0.29) is 0 Å². The van der Waals surface area contributed by atoms with Crippen molar-refractivity contribution >= 4 is 0 Å². The van der Waals surface area contributed by atoms with Crippen LogP contribution in [0, 0.1) is 0 Å². The van der Waals surface area contributed by atoms with Gasteiger partial charge in [0.1, 0.15) is 12.4 Å². The second-order valence-corrected chi connectivity index (χ2v) is 5.58. The Hall–Kier alpha value is -1.10. The minimum atomic E-state index is -0.668. The van der Waals surface area contributed by atoms with Crippen LogP contribution in [0.1, 0.15) is 19.4 Å². The third-order valence-corrected chi connectivity index (χ3v) is 2.75. The lowest BCUT2D eigenvalue weighted by Gasteiger charge is -2.25. The van der Waals surface area contributed by atoms with Crippen molar-refractivity contribution in [3.63, 3.8) is 0 Å². The predicted molar refractivity (Wildman–Crippen MR) is 78.5 cm³/mol. The fourth-order valence-corrected chi connectivity index (χ4v) is 1.98. The molecule has 0 radical (unpaired) electrons. The van der Waals surface area contributed by atoms with Crippen LogP contribution in [0.4, 0.5) is 0 Å². The summed E-state index contributed by atoms with van der Waals surface area (Å²) in [4.78, 5) is 2.06. The quantitative estimate of drug-likeness (QED) is 0.744. The predicted octanol–water partition coefficient (Wildman–Crippen LogP) is 1.27. The number of ether oxygens (including phenoxy) is 1. The minimum absolute atomic E-state index is 0.614. The molecule has 0 heterocycles. The Morgan fingerprint density at radius 3 is 2.42 bits per heavy atom. The highest BCUT2D eigenvalue weighted by atomic mass is 16.5. The number of hydrogen-bond donors (Lipinski definition) is 2. The zero-order chi connectivity index (χ0) is 14.3. The Kier molecular flexibility index (Phi) is 6.28. The van der Waals surface area contributed by atoms with Crippen LogP contribution >= 0.6 is 0 Å². The average molecular weight is 266 g/mol. The van der Waals surface area contributed by atoms with Crippen LogP contribution in [-0.2, 0) is 6.42 Å². The van der Waals surface area contributed by atoms with Crippen molar-refractivity contribution in [3.05, 3.63) is 29.8 Å². The zero-order valence-electron chi connectivity index (χ0n) is 12.2. The van der Waals surface area contributed by atoms with E-state index in [2.05, 4.69) is 4.90 Å². The summed E-state index contributed by atoms with van der Waals surface area (Å²) in [5, 5.41) is 9.69. The van der Waals surface area contributed by atoms with Gasteiger partial charge >= 0.3 is 0 Å². The third kappa shape index (κ3) is 7.15. The van der Waals surface area contributed by atoms with Crippen molar-refractivity contribution in [3.8, 4) is 5.75 Å². The topological polar surface area (TPSA) is 58.7 Å². The molecule has 0 atom stereocenters. The monoisotopic (exact) mass is 266 g/mol. The molecule has 0 spiro atoms. The molecule has 0 bridgehead atoms. The Labute approximate surface area is 116 Å². The summed E-state index contributed by atoms with van der Waals surface area (Å²) in [6, 6.07) is 8.04. The van der Waals surface area contributed by atoms with Crippen LogP contribution in [0.5, 0.6) is 5.75 Å². The summed E-state index contributed by atoms with van der Waals surface area (Å²) in [6.07, 6.45) is 0.897. The highest BCUT2D eigenvalue weighted by molar-refractivity contribution is 5.27. The number of rotatable bonds is 8. The Morgan fingerprint density at radius 1 is 1.26 bits per heavy atom. The molecule has 19 heavy (non-hydrogen) atoms. The first-order valence-electron chi connectivity index (χ1n) is 6.73. The van der Waals surface area contributed by atoms with Gasteiger partial charge in [-0.05, 0) is 51.6 Å². The zero-order valence-corrected chi connectivity index (χ0v) is 12.2. The molecule has 1 aromatic rings. The molecule has 0 aliphatic carbocycles. The molecular weight excluding hydrogens is 240 g/mol. The summed E-state index contributed by atoms with van der Waals surface area (Å²) < 4.78 is 5.67. The number of benzene rings is 1. The minimum Gasteiger partial charge on any atom is -0.492 e. The van der Waals surface area contributed by atoms with Crippen LogP contribution < -0.4 is 10.5 Å². The van der Waals surface area contributed by atoms with Gasteiger partial charge in [0.05, 0.1) is 5.60 Å². The SMILES string of the molecule is CN(CCOc1ccc(CCN)cc1)CC(C)(C)O. The largest absolute Gasteiger partial charge is 0.492 e. The molecule has 0 fully saturated rings. The van der Waals surface area contributed by atoms with Crippen molar-refractivity contribution in [2.45, 2.75) is 25.9 Å². The van der Waals surface area contributed by atoms with Crippen molar-refractivity contribution in [1.82, 2.24) is 4.90 Å². The highest BCUT2D eigenvalue weighted by Gasteiger charge is 2.15. The summed E-state index contributed by atoms with van der Waals surface area (Å²) in [7, 11) is 1.98. The molecular formula is C15H26N2O2. The molecule has 0 aromatic heterocycles. The van der Waals surface area contributed by atoms with E-state index in [1.807, 2.05) is 31.3 Å². The summed E-state index contributed by atoms with van der Waals surface area (Å²) in [5.41, 5.74) is 6.07. The molecule has 0 saturated heterocycles. The Balaban J connectivity index is 2.29. The Morgan fingerprint density at radius 2 is 1.89 bits per heavy atom. The van der Waals surface area contributed by atoms with Gasteiger partial charge in [-0.2, -0.15) is 0 Å². The van der Waals surface area contributed by atoms with Crippen LogP contribution in [0.25, 0.3) is 0 Å². The fraction of sp³-hybridized carbons (Fsp3) is 0.600. The second kappa shape index (κ2) is 7.48. The van der Waals surface area contributed by atoms with Gasteiger partial charge in [-0.25, -0.2) is 0 Å². The lowest BCUT2D eigenvalue weighted by Crippen LogP contribution is -2.38. The Bertz CT molecular complexity index is 357. The van der Waals surface area contributed by atoms with Gasteiger partial charge in [0.2, 0.25) is 0 Å². The number of aliphatic hydroxyl groups is 1. The van der Waals surface area contributed by atoms with E-state index in [1.54, 1.807) is 13.8 Å².